The summed E-state index contributed by atoms with van der Waals surface area (Å²) in [6, 6.07) is 12.5. The zero-order valence-electron chi connectivity index (χ0n) is 13.2. The number of benzene rings is 2. The molecule has 0 fully saturated rings. The molecule has 0 spiro atoms. The van der Waals surface area contributed by atoms with E-state index in [2.05, 4.69) is 20.9 Å². The van der Waals surface area contributed by atoms with Crippen molar-refractivity contribution in [3.05, 3.63) is 67.6 Å². The molecule has 0 heterocycles. The average Bonchev–Trinajstić information content (AvgIpc) is 2.60. The molecule has 0 aliphatic carbocycles. The molecule has 0 bridgehead atoms. The second-order valence-corrected chi connectivity index (χ2v) is 7.47. The molecule has 25 heavy (non-hydrogen) atoms. The number of hydrogen-bond donors (Lipinski definition) is 1. The van der Waals surface area contributed by atoms with Gasteiger partial charge < -0.3 is 9.84 Å². The van der Waals surface area contributed by atoms with Gasteiger partial charge in [-0.15, -0.1) is 0 Å². The van der Waals surface area contributed by atoms with E-state index in [9.17, 15) is 5.11 Å². The lowest BCUT2D eigenvalue weighted by Gasteiger charge is -2.13. The fourth-order valence-corrected chi connectivity index (χ4v) is 2.70. The third-order valence-corrected chi connectivity index (χ3v) is 4.96. The second kappa shape index (κ2) is 9.48. The Balaban J connectivity index is 2.32. The number of phenolic OH excluding ortho intramolecular Hbond substituents is 1. The fraction of sp³-hybridized carbons (Fsp3) is 0.167. The van der Waals surface area contributed by atoms with Gasteiger partial charge in [0.1, 0.15) is 4.49 Å². The quantitative estimate of drug-likeness (QED) is 0.491. The highest BCUT2D eigenvalue weighted by Crippen LogP contribution is 2.32. The Kier molecular flexibility index (Phi) is 7.63. The van der Waals surface area contributed by atoms with E-state index in [-0.39, 0.29) is 16.3 Å². The molecule has 2 aromatic rings. The first-order chi connectivity index (χ1) is 11.9. The maximum absolute atomic E-state index is 9.67. The number of hydrogen-bond acceptors (Lipinski definition) is 3. The Bertz CT molecular complexity index is 787. The number of aliphatic imine (C=N–C) groups is 1. The minimum absolute atomic E-state index is 0.0327. The van der Waals surface area contributed by atoms with Crippen molar-refractivity contribution < 1.29 is 9.84 Å². The van der Waals surface area contributed by atoms with Crippen LogP contribution < -0.4 is 4.74 Å². The third-order valence-electron chi connectivity index (χ3n) is 3.44. The number of rotatable bonds is 6. The summed E-state index contributed by atoms with van der Waals surface area (Å²) in [6.07, 6.45) is 2.07. The van der Waals surface area contributed by atoms with Crippen molar-refractivity contribution in [2.45, 2.75) is 12.5 Å². The van der Waals surface area contributed by atoms with Crippen molar-refractivity contribution in [3.63, 3.8) is 0 Å². The summed E-state index contributed by atoms with van der Waals surface area (Å²) in [5.74, 6) is 0.454. The van der Waals surface area contributed by atoms with E-state index in [0.717, 1.165) is 15.6 Å². The highest BCUT2D eigenvalue weighted by molar-refractivity contribution is 9.10. The summed E-state index contributed by atoms with van der Waals surface area (Å²) in [6.45, 7) is 0. The Labute approximate surface area is 170 Å². The van der Waals surface area contributed by atoms with E-state index in [1.54, 1.807) is 24.4 Å². The van der Waals surface area contributed by atoms with Crippen LogP contribution in [0.4, 0.5) is 0 Å². The fourth-order valence-electron chi connectivity index (χ4n) is 2.14. The molecule has 7 heteroatoms. The molecular weight excluding hydrogens is 448 g/mol. The molecule has 0 radical (unpaired) electrons. The monoisotopic (exact) mass is 461 g/mol. The Morgan fingerprint density at radius 3 is 2.48 bits per heavy atom. The van der Waals surface area contributed by atoms with Crippen LogP contribution >= 0.6 is 50.7 Å². The molecule has 2 aromatic carbocycles. The van der Waals surface area contributed by atoms with Crippen molar-refractivity contribution in [1.82, 2.24) is 0 Å². The van der Waals surface area contributed by atoms with Crippen molar-refractivity contribution in [3.8, 4) is 11.5 Å². The molecule has 0 aliphatic heterocycles. The van der Waals surface area contributed by atoms with Crippen LogP contribution in [0, 0.1) is 0 Å². The van der Waals surface area contributed by atoms with Crippen molar-refractivity contribution in [2.75, 3.05) is 7.11 Å². The predicted molar refractivity (Wildman–Crippen MR) is 108 cm³/mol. The zero-order chi connectivity index (χ0) is 18.4. The smallest absolute Gasteiger partial charge is 0.161 e. The number of phenols is 1. The van der Waals surface area contributed by atoms with Crippen LogP contribution in [-0.4, -0.2) is 18.4 Å². The molecule has 1 unspecified atom stereocenters. The van der Waals surface area contributed by atoms with E-state index >= 15 is 0 Å². The van der Waals surface area contributed by atoms with E-state index < -0.39 is 0 Å². The summed E-state index contributed by atoms with van der Waals surface area (Å²) in [4.78, 5) is 4.61. The van der Waals surface area contributed by atoms with Gasteiger partial charge in [0, 0.05) is 17.1 Å². The molecule has 1 atom stereocenters. The van der Waals surface area contributed by atoms with Gasteiger partial charge in [0.25, 0.3) is 0 Å². The molecule has 0 aromatic heterocycles. The van der Waals surface area contributed by atoms with Crippen LogP contribution in [0.5, 0.6) is 11.5 Å². The lowest BCUT2D eigenvalue weighted by atomic mass is 10.0. The van der Waals surface area contributed by atoms with E-state index in [4.69, 9.17) is 39.5 Å². The number of aromatic hydroxyl groups is 1. The molecule has 0 saturated heterocycles. The molecule has 0 saturated carbocycles. The lowest BCUT2D eigenvalue weighted by molar-refractivity contribution is 0.373. The number of ether oxygens (including phenoxy) is 1. The normalized spacial score (nSPS) is 12.2. The van der Waals surface area contributed by atoms with Crippen molar-refractivity contribution >= 4 is 56.9 Å². The zero-order valence-corrected chi connectivity index (χ0v) is 17.1. The van der Waals surface area contributed by atoms with Crippen LogP contribution in [0.3, 0.4) is 0 Å². The Hall–Kier alpha value is -1.20. The van der Waals surface area contributed by atoms with Crippen LogP contribution in [-0.2, 0) is 0 Å². The summed E-state index contributed by atoms with van der Waals surface area (Å²) in [5.41, 5.74) is 1.76. The van der Waals surface area contributed by atoms with Crippen LogP contribution in [0.15, 0.2) is 61.5 Å². The molecule has 0 aliphatic rings. The van der Waals surface area contributed by atoms with Crippen LogP contribution in [0.25, 0.3) is 0 Å². The Morgan fingerprint density at radius 1 is 1.20 bits per heavy atom. The third kappa shape index (κ3) is 5.93. The van der Waals surface area contributed by atoms with Gasteiger partial charge in [-0.2, -0.15) is 0 Å². The molecule has 1 N–H and O–H groups in total. The Morgan fingerprint density at radius 2 is 1.88 bits per heavy atom. The van der Waals surface area contributed by atoms with Crippen LogP contribution in [0.2, 0.25) is 0 Å². The SMILES string of the molecule is COc1cc(C=NC(CC(Cl)=C(Cl)Cl)c2ccc(Br)cc2)ccc1O. The van der Waals surface area contributed by atoms with Gasteiger partial charge in [0.15, 0.2) is 11.5 Å². The van der Waals surface area contributed by atoms with Gasteiger partial charge in [-0.1, -0.05) is 62.9 Å². The maximum Gasteiger partial charge on any atom is 0.161 e. The number of nitrogens with zero attached hydrogens (tertiary/aromatic N) is 1. The van der Waals surface area contributed by atoms with Gasteiger partial charge in [-0.3, -0.25) is 4.99 Å². The number of halogens is 4. The van der Waals surface area contributed by atoms with Gasteiger partial charge in [-0.05, 0) is 41.5 Å². The summed E-state index contributed by atoms with van der Waals surface area (Å²) in [5, 5.41) is 10.0. The van der Waals surface area contributed by atoms with Crippen LogP contribution in [0.1, 0.15) is 23.6 Å². The summed E-state index contributed by atoms with van der Waals surface area (Å²) < 4.78 is 6.11. The topological polar surface area (TPSA) is 41.8 Å². The lowest BCUT2D eigenvalue weighted by Crippen LogP contribution is -1.98. The molecule has 132 valence electrons. The number of methoxy groups -OCH3 is 1. The van der Waals surface area contributed by atoms with Crippen molar-refractivity contribution in [1.29, 1.82) is 0 Å². The first-order valence-corrected chi connectivity index (χ1v) is 9.18. The van der Waals surface area contributed by atoms with Gasteiger partial charge in [0.05, 0.1) is 18.2 Å². The highest BCUT2D eigenvalue weighted by atomic mass is 79.9. The largest absolute Gasteiger partial charge is 0.504 e. The maximum atomic E-state index is 9.67. The minimum Gasteiger partial charge on any atom is -0.504 e. The predicted octanol–water partition coefficient (Wildman–Crippen LogP) is 6.60. The van der Waals surface area contributed by atoms with E-state index in [0.29, 0.717) is 17.2 Å². The van der Waals surface area contributed by atoms with Gasteiger partial charge in [0.2, 0.25) is 0 Å². The standard InChI is InChI=1S/C18H15BrCl3NO2/c1-25-17-8-11(2-7-16(17)24)10-23-15(9-14(20)18(21)22)12-3-5-13(19)6-4-12/h2-8,10,15,24H,9H2,1H3. The molecular formula is C18H15BrCl3NO2. The average molecular weight is 464 g/mol. The van der Waals surface area contributed by atoms with E-state index in [1.165, 1.54) is 7.11 Å². The molecule has 3 nitrogen and oxygen atoms in total. The summed E-state index contributed by atoms with van der Waals surface area (Å²) >= 11 is 21.1. The molecule has 2 rings (SSSR count). The van der Waals surface area contributed by atoms with Crippen molar-refractivity contribution in [2.24, 2.45) is 4.99 Å². The first kappa shape index (κ1) is 20.1. The highest BCUT2D eigenvalue weighted by Gasteiger charge is 2.13. The van der Waals surface area contributed by atoms with Gasteiger partial charge >= 0.3 is 0 Å². The first-order valence-electron chi connectivity index (χ1n) is 7.26. The summed E-state index contributed by atoms with van der Waals surface area (Å²) in [7, 11) is 1.49. The van der Waals surface area contributed by atoms with Gasteiger partial charge in [-0.25, -0.2) is 0 Å². The second-order valence-electron chi connectivity index (χ2n) is 5.15. The molecule has 0 amide bonds. The van der Waals surface area contributed by atoms with E-state index in [1.807, 2.05) is 24.3 Å². The minimum atomic E-state index is -0.257.